The van der Waals surface area contributed by atoms with Gasteiger partial charge in [-0.2, -0.15) is 0 Å². The fourth-order valence-electron chi connectivity index (χ4n) is 1.99. The van der Waals surface area contributed by atoms with E-state index in [0.717, 1.165) is 25.4 Å². The molecule has 0 unspecified atom stereocenters. The molecule has 0 bridgehead atoms. The van der Waals surface area contributed by atoms with E-state index in [-0.39, 0.29) is 0 Å². The van der Waals surface area contributed by atoms with Crippen LogP contribution in [-0.4, -0.2) is 37.0 Å². The molecule has 94 valence electrons. The van der Waals surface area contributed by atoms with Crippen molar-refractivity contribution in [3.05, 3.63) is 0 Å². The van der Waals surface area contributed by atoms with Gasteiger partial charge in [0.2, 0.25) is 5.91 Å². The van der Waals surface area contributed by atoms with Gasteiger partial charge < -0.3 is 10.2 Å². The van der Waals surface area contributed by atoms with Crippen molar-refractivity contribution in [2.24, 2.45) is 5.92 Å². The van der Waals surface area contributed by atoms with Gasteiger partial charge in [0.1, 0.15) is 0 Å². The van der Waals surface area contributed by atoms with Gasteiger partial charge in [-0.15, -0.1) is 0 Å². The Labute approximate surface area is 99.6 Å². The topological polar surface area (TPSA) is 32.3 Å². The van der Waals surface area contributed by atoms with Gasteiger partial charge >= 0.3 is 0 Å². The highest BCUT2D eigenvalue weighted by molar-refractivity contribution is 5.75. The quantitative estimate of drug-likeness (QED) is 0.674. The van der Waals surface area contributed by atoms with E-state index in [1.165, 1.54) is 19.3 Å². The highest BCUT2D eigenvalue weighted by atomic mass is 16.2. The van der Waals surface area contributed by atoms with Crippen LogP contribution >= 0.6 is 0 Å². The van der Waals surface area contributed by atoms with E-state index in [9.17, 15) is 4.79 Å². The number of carbonyl (C=O) groups excluding carboxylic acids is 1. The molecule has 1 amide bonds. The number of hydrogen-bond donors (Lipinski definition) is 1. The van der Waals surface area contributed by atoms with E-state index < -0.39 is 0 Å². The molecular formula is C13H26N2O. The molecule has 3 heteroatoms. The lowest BCUT2D eigenvalue weighted by Crippen LogP contribution is -2.34. The normalized spacial score (nSPS) is 16.2. The molecule has 3 nitrogen and oxygen atoms in total. The summed E-state index contributed by atoms with van der Waals surface area (Å²) in [6.07, 6.45) is 5.61. The van der Waals surface area contributed by atoms with Crippen LogP contribution in [0.3, 0.4) is 0 Å². The fraction of sp³-hybridized carbons (Fsp3) is 0.923. The summed E-state index contributed by atoms with van der Waals surface area (Å²) >= 11 is 0. The van der Waals surface area contributed by atoms with Crippen molar-refractivity contribution < 1.29 is 4.79 Å². The first-order chi connectivity index (χ1) is 7.59. The van der Waals surface area contributed by atoms with Crippen LogP contribution in [0.5, 0.6) is 0 Å². The van der Waals surface area contributed by atoms with Gasteiger partial charge in [-0.25, -0.2) is 0 Å². The first-order valence-corrected chi connectivity index (χ1v) is 6.57. The van der Waals surface area contributed by atoms with Crippen molar-refractivity contribution >= 4 is 5.91 Å². The molecule has 0 aromatic heterocycles. The minimum Gasteiger partial charge on any atom is -0.345 e. The zero-order valence-electron chi connectivity index (χ0n) is 11.0. The molecule has 0 saturated heterocycles. The van der Waals surface area contributed by atoms with Gasteiger partial charge in [0.05, 0.1) is 0 Å². The zero-order valence-corrected chi connectivity index (χ0v) is 11.0. The van der Waals surface area contributed by atoms with E-state index in [0.29, 0.717) is 18.4 Å². The van der Waals surface area contributed by atoms with Gasteiger partial charge in [0.15, 0.2) is 0 Å². The molecule has 0 aromatic carbocycles. The fourth-order valence-corrected chi connectivity index (χ4v) is 1.99. The summed E-state index contributed by atoms with van der Waals surface area (Å²) in [6, 6.07) is 0.516. The first kappa shape index (κ1) is 13.5. The van der Waals surface area contributed by atoms with Crippen molar-refractivity contribution in [2.75, 3.05) is 20.1 Å². The Balaban J connectivity index is 2.04. The largest absolute Gasteiger partial charge is 0.345 e. The van der Waals surface area contributed by atoms with Crippen molar-refractivity contribution in [1.82, 2.24) is 10.2 Å². The predicted octanol–water partition coefficient (Wildman–Crippen LogP) is 2.02. The molecule has 0 atom stereocenters. The Hall–Kier alpha value is -0.570. The maximum atomic E-state index is 11.8. The number of rotatable bonds is 7. The van der Waals surface area contributed by atoms with E-state index in [2.05, 4.69) is 19.2 Å². The molecule has 1 saturated carbocycles. The molecular weight excluding hydrogens is 200 g/mol. The average molecular weight is 226 g/mol. The number of nitrogens with zero attached hydrogens (tertiary/aromatic N) is 1. The Bertz CT molecular complexity index is 212. The number of nitrogens with one attached hydrogen (secondary N) is 1. The summed E-state index contributed by atoms with van der Waals surface area (Å²) < 4.78 is 0. The lowest BCUT2D eigenvalue weighted by molar-refractivity contribution is -0.130. The second-order valence-corrected chi connectivity index (χ2v) is 5.28. The van der Waals surface area contributed by atoms with Crippen LogP contribution in [0.2, 0.25) is 0 Å². The van der Waals surface area contributed by atoms with Crippen LogP contribution in [-0.2, 0) is 4.79 Å². The molecule has 0 radical (unpaired) electrons. The van der Waals surface area contributed by atoms with E-state index >= 15 is 0 Å². The smallest absolute Gasteiger partial charge is 0.222 e. The maximum Gasteiger partial charge on any atom is 0.222 e. The molecule has 0 aliphatic heterocycles. The van der Waals surface area contributed by atoms with Crippen LogP contribution in [0.15, 0.2) is 0 Å². The molecule has 1 fully saturated rings. The Kier molecular flexibility index (Phi) is 5.81. The monoisotopic (exact) mass is 226 g/mol. The van der Waals surface area contributed by atoms with Crippen LogP contribution < -0.4 is 5.32 Å². The standard InChI is InChI=1S/C13H26N2O/c1-11(2)14-9-5-8-13(16)15(3)10-12-6-4-7-12/h11-12,14H,4-10H2,1-3H3. The van der Waals surface area contributed by atoms with Gasteiger partial charge in [0.25, 0.3) is 0 Å². The minimum atomic E-state index is 0.303. The summed E-state index contributed by atoms with van der Waals surface area (Å²) in [5, 5.41) is 3.33. The summed E-state index contributed by atoms with van der Waals surface area (Å²) in [5.41, 5.74) is 0. The second kappa shape index (κ2) is 6.89. The summed E-state index contributed by atoms with van der Waals surface area (Å²) in [4.78, 5) is 13.7. The Morgan fingerprint density at radius 3 is 2.62 bits per heavy atom. The predicted molar refractivity (Wildman–Crippen MR) is 67.4 cm³/mol. The summed E-state index contributed by atoms with van der Waals surface area (Å²) in [6.45, 7) is 6.17. The lowest BCUT2D eigenvalue weighted by atomic mass is 9.85. The van der Waals surface area contributed by atoms with Crippen LogP contribution in [0.1, 0.15) is 46.0 Å². The van der Waals surface area contributed by atoms with Gasteiger partial charge in [-0.3, -0.25) is 4.79 Å². The van der Waals surface area contributed by atoms with Crippen molar-refractivity contribution in [1.29, 1.82) is 0 Å². The minimum absolute atomic E-state index is 0.303. The number of carbonyl (C=O) groups is 1. The number of hydrogen-bond acceptors (Lipinski definition) is 2. The average Bonchev–Trinajstić information content (AvgIpc) is 2.17. The van der Waals surface area contributed by atoms with Gasteiger partial charge in [0, 0.05) is 26.1 Å². The van der Waals surface area contributed by atoms with E-state index in [1.54, 1.807) is 0 Å². The zero-order chi connectivity index (χ0) is 12.0. The molecule has 16 heavy (non-hydrogen) atoms. The molecule has 1 N–H and O–H groups in total. The maximum absolute atomic E-state index is 11.8. The van der Waals surface area contributed by atoms with Crippen LogP contribution in [0, 0.1) is 5.92 Å². The molecule has 0 heterocycles. The van der Waals surface area contributed by atoms with E-state index in [1.807, 2.05) is 11.9 Å². The van der Waals surface area contributed by atoms with Crippen molar-refractivity contribution in [3.63, 3.8) is 0 Å². The van der Waals surface area contributed by atoms with E-state index in [4.69, 9.17) is 0 Å². The third-order valence-corrected chi connectivity index (χ3v) is 3.30. The van der Waals surface area contributed by atoms with Gasteiger partial charge in [-0.1, -0.05) is 20.3 Å². The third kappa shape index (κ3) is 4.97. The van der Waals surface area contributed by atoms with Crippen molar-refractivity contribution in [3.8, 4) is 0 Å². The molecule has 1 aliphatic carbocycles. The highest BCUT2D eigenvalue weighted by Gasteiger charge is 2.20. The highest BCUT2D eigenvalue weighted by Crippen LogP contribution is 2.26. The SMILES string of the molecule is CC(C)NCCCC(=O)N(C)CC1CCC1. The lowest BCUT2D eigenvalue weighted by Gasteiger charge is -2.30. The van der Waals surface area contributed by atoms with Crippen molar-refractivity contribution in [2.45, 2.75) is 52.0 Å². The summed E-state index contributed by atoms with van der Waals surface area (Å²) in [5.74, 6) is 1.08. The molecule has 1 rings (SSSR count). The van der Waals surface area contributed by atoms with Gasteiger partial charge in [-0.05, 0) is 31.7 Å². The molecule has 0 aromatic rings. The summed E-state index contributed by atoms with van der Waals surface area (Å²) in [7, 11) is 1.94. The van der Waals surface area contributed by atoms with Crippen LogP contribution in [0.25, 0.3) is 0 Å². The number of amides is 1. The first-order valence-electron chi connectivity index (χ1n) is 6.57. The Morgan fingerprint density at radius 1 is 1.44 bits per heavy atom. The third-order valence-electron chi connectivity index (χ3n) is 3.30. The molecule has 1 aliphatic rings. The Morgan fingerprint density at radius 2 is 2.12 bits per heavy atom. The van der Waals surface area contributed by atoms with Crippen LogP contribution in [0.4, 0.5) is 0 Å². The molecule has 0 spiro atoms. The second-order valence-electron chi connectivity index (χ2n) is 5.28.